The summed E-state index contributed by atoms with van der Waals surface area (Å²) in [5, 5.41) is 8.71. The van der Waals surface area contributed by atoms with Crippen molar-refractivity contribution in [2.45, 2.75) is 26.7 Å². The third-order valence-electron chi connectivity index (χ3n) is 4.47. The first kappa shape index (κ1) is 22.9. The van der Waals surface area contributed by atoms with Crippen LogP contribution in [0, 0.1) is 5.92 Å². The predicted molar refractivity (Wildman–Crippen MR) is 120 cm³/mol. The molecule has 0 atom stereocenters. The number of carbonyl (C=O) groups excluding carboxylic acids is 3. The SMILES string of the molecule is CC(C)C(=O)Nc1cccc(NC(=O)CNc2ccc(CCC(=O)N(C)C)cc2)c1. The summed E-state index contributed by atoms with van der Waals surface area (Å²) in [4.78, 5) is 37.3. The van der Waals surface area contributed by atoms with Crippen LogP contribution < -0.4 is 16.0 Å². The second-order valence-corrected chi connectivity index (χ2v) is 7.61. The molecule has 2 aromatic rings. The number of carbonyl (C=O) groups is 3. The fraction of sp³-hybridized carbons (Fsp3) is 0.348. The van der Waals surface area contributed by atoms with Gasteiger partial charge in [0.2, 0.25) is 17.7 Å². The number of anilines is 3. The first-order valence-corrected chi connectivity index (χ1v) is 9.98. The van der Waals surface area contributed by atoms with Gasteiger partial charge in [0, 0.05) is 43.5 Å². The van der Waals surface area contributed by atoms with Crippen molar-refractivity contribution in [2.75, 3.05) is 36.6 Å². The van der Waals surface area contributed by atoms with Gasteiger partial charge in [-0.25, -0.2) is 0 Å². The summed E-state index contributed by atoms with van der Waals surface area (Å²) in [6.45, 7) is 3.76. The Hall–Kier alpha value is -3.35. The van der Waals surface area contributed by atoms with Gasteiger partial charge < -0.3 is 20.9 Å². The predicted octanol–water partition coefficient (Wildman–Crippen LogP) is 3.35. The molecule has 0 aliphatic heterocycles. The van der Waals surface area contributed by atoms with E-state index in [1.807, 2.05) is 38.1 Å². The largest absolute Gasteiger partial charge is 0.376 e. The Labute approximate surface area is 177 Å². The zero-order valence-electron chi connectivity index (χ0n) is 18.0. The zero-order valence-corrected chi connectivity index (χ0v) is 18.0. The number of nitrogens with one attached hydrogen (secondary N) is 3. The Morgan fingerprint density at radius 2 is 1.53 bits per heavy atom. The molecule has 3 amide bonds. The van der Waals surface area contributed by atoms with Crippen LogP contribution in [0.2, 0.25) is 0 Å². The summed E-state index contributed by atoms with van der Waals surface area (Å²) in [6.07, 6.45) is 1.15. The van der Waals surface area contributed by atoms with Crippen LogP contribution in [0.15, 0.2) is 48.5 Å². The average molecular weight is 411 g/mol. The minimum atomic E-state index is -0.192. The van der Waals surface area contributed by atoms with Crippen LogP contribution in [0.1, 0.15) is 25.8 Å². The van der Waals surface area contributed by atoms with Gasteiger partial charge in [0.25, 0.3) is 0 Å². The molecule has 7 heteroatoms. The highest BCUT2D eigenvalue weighted by Gasteiger charge is 2.09. The Morgan fingerprint density at radius 1 is 0.900 bits per heavy atom. The van der Waals surface area contributed by atoms with Gasteiger partial charge in [0.1, 0.15) is 0 Å². The summed E-state index contributed by atoms with van der Waals surface area (Å²) >= 11 is 0. The van der Waals surface area contributed by atoms with E-state index in [1.165, 1.54) is 0 Å². The molecule has 0 saturated carbocycles. The summed E-state index contributed by atoms with van der Waals surface area (Å²) in [5.41, 5.74) is 3.15. The Kier molecular flexibility index (Phi) is 8.41. The molecule has 0 saturated heterocycles. The van der Waals surface area contributed by atoms with E-state index in [-0.39, 0.29) is 30.2 Å². The second kappa shape index (κ2) is 11.0. The van der Waals surface area contributed by atoms with Crippen LogP contribution in [-0.4, -0.2) is 43.3 Å². The molecule has 2 aromatic carbocycles. The Balaban J connectivity index is 1.82. The first-order chi connectivity index (χ1) is 14.2. The van der Waals surface area contributed by atoms with Crippen molar-refractivity contribution in [3.8, 4) is 0 Å². The summed E-state index contributed by atoms with van der Waals surface area (Å²) in [5.74, 6) is -0.285. The van der Waals surface area contributed by atoms with Crippen molar-refractivity contribution in [3.05, 3.63) is 54.1 Å². The van der Waals surface area contributed by atoms with Crippen LogP contribution in [0.25, 0.3) is 0 Å². The van der Waals surface area contributed by atoms with Gasteiger partial charge >= 0.3 is 0 Å². The minimum absolute atomic E-state index is 0.0744. The Bertz CT molecular complexity index is 876. The average Bonchev–Trinajstić information content (AvgIpc) is 2.71. The Morgan fingerprint density at radius 3 is 2.13 bits per heavy atom. The van der Waals surface area contributed by atoms with Gasteiger partial charge in [0.15, 0.2) is 0 Å². The number of hydrogen-bond acceptors (Lipinski definition) is 4. The second-order valence-electron chi connectivity index (χ2n) is 7.61. The highest BCUT2D eigenvalue weighted by atomic mass is 16.2. The standard InChI is InChI=1S/C23H30N4O3/c1-16(2)23(30)26-20-7-5-6-19(14-20)25-21(28)15-24-18-11-8-17(9-12-18)10-13-22(29)27(3)4/h5-9,11-12,14,16,24H,10,13,15H2,1-4H3,(H,25,28)(H,26,30). The molecule has 0 spiro atoms. The molecule has 2 rings (SSSR count). The summed E-state index contributed by atoms with van der Waals surface area (Å²) < 4.78 is 0. The molecule has 0 radical (unpaired) electrons. The maximum atomic E-state index is 12.2. The number of amides is 3. The molecule has 0 aromatic heterocycles. The van der Waals surface area contributed by atoms with Gasteiger partial charge in [0.05, 0.1) is 6.54 Å². The highest BCUT2D eigenvalue weighted by Crippen LogP contribution is 2.16. The van der Waals surface area contributed by atoms with E-state index in [0.29, 0.717) is 24.2 Å². The molecule has 30 heavy (non-hydrogen) atoms. The van der Waals surface area contributed by atoms with Gasteiger partial charge in [-0.2, -0.15) is 0 Å². The maximum Gasteiger partial charge on any atom is 0.243 e. The summed E-state index contributed by atoms with van der Waals surface area (Å²) in [6, 6.07) is 14.7. The van der Waals surface area contributed by atoms with Gasteiger partial charge in [-0.05, 0) is 42.3 Å². The third-order valence-corrected chi connectivity index (χ3v) is 4.47. The molecule has 3 N–H and O–H groups in total. The lowest BCUT2D eigenvalue weighted by molar-refractivity contribution is -0.128. The first-order valence-electron chi connectivity index (χ1n) is 9.98. The molecule has 7 nitrogen and oxygen atoms in total. The van der Waals surface area contributed by atoms with Crippen LogP contribution in [0.5, 0.6) is 0 Å². The molecule has 0 fully saturated rings. The fourth-order valence-electron chi connectivity index (χ4n) is 2.61. The molecular weight excluding hydrogens is 380 g/mol. The van der Waals surface area contributed by atoms with Gasteiger partial charge in [-0.15, -0.1) is 0 Å². The van der Waals surface area contributed by atoms with Crippen molar-refractivity contribution < 1.29 is 14.4 Å². The molecule has 0 aliphatic rings. The van der Waals surface area contributed by atoms with E-state index < -0.39 is 0 Å². The lowest BCUT2D eigenvalue weighted by Crippen LogP contribution is -2.22. The monoisotopic (exact) mass is 410 g/mol. The zero-order chi connectivity index (χ0) is 22.1. The van der Waals surface area contributed by atoms with Crippen molar-refractivity contribution in [1.29, 1.82) is 0 Å². The van der Waals surface area contributed by atoms with Gasteiger partial charge in [-0.1, -0.05) is 32.0 Å². The number of benzene rings is 2. The van der Waals surface area contributed by atoms with Crippen LogP contribution in [-0.2, 0) is 20.8 Å². The summed E-state index contributed by atoms with van der Waals surface area (Å²) in [7, 11) is 3.50. The quantitative estimate of drug-likeness (QED) is 0.591. The maximum absolute atomic E-state index is 12.2. The molecule has 0 unspecified atom stereocenters. The smallest absolute Gasteiger partial charge is 0.243 e. The number of rotatable bonds is 9. The fourth-order valence-corrected chi connectivity index (χ4v) is 2.61. The van der Waals surface area contributed by atoms with E-state index in [9.17, 15) is 14.4 Å². The van der Waals surface area contributed by atoms with Crippen molar-refractivity contribution in [2.24, 2.45) is 5.92 Å². The van der Waals surface area contributed by atoms with E-state index >= 15 is 0 Å². The molecule has 160 valence electrons. The number of aryl methyl sites for hydroxylation is 1. The van der Waals surface area contributed by atoms with Crippen molar-refractivity contribution >= 4 is 34.8 Å². The molecular formula is C23H30N4O3. The topological polar surface area (TPSA) is 90.5 Å². The van der Waals surface area contributed by atoms with E-state index in [4.69, 9.17) is 0 Å². The number of nitrogens with zero attached hydrogens (tertiary/aromatic N) is 1. The molecule has 0 aliphatic carbocycles. The minimum Gasteiger partial charge on any atom is -0.376 e. The van der Waals surface area contributed by atoms with Gasteiger partial charge in [-0.3, -0.25) is 14.4 Å². The van der Waals surface area contributed by atoms with Crippen LogP contribution in [0.4, 0.5) is 17.1 Å². The third kappa shape index (κ3) is 7.58. The van der Waals surface area contributed by atoms with Crippen molar-refractivity contribution in [1.82, 2.24) is 4.90 Å². The lowest BCUT2D eigenvalue weighted by atomic mass is 10.1. The van der Waals surface area contributed by atoms with Crippen LogP contribution >= 0.6 is 0 Å². The highest BCUT2D eigenvalue weighted by molar-refractivity contribution is 5.96. The lowest BCUT2D eigenvalue weighted by Gasteiger charge is -2.12. The number of hydrogen-bond donors (Lipinski definition) is 3. The van der Waals surface area contributed by atoms with E-state index in [0.717, 1.165) is 11.3 Å². The molecule has 0 bridgehead atoms. The normalized spacial score (nSPS) is 10.4. The van der Waals surface area contributed by atoms with E-state index in [1.54, 1.807) is 43.3 Å². The van der Waals surface area contributed by atoms with Crippen LogP contribution in [0.3, 0.4) is 0 Å². The van der Waals surface area contributed by atoms with E-state index in [2.05, 4.69) is 16.0 Å². The molecule has 0 heterocycles. The van der Waals surface area contributed by atoms with Crippen molar-refractivity contribution in [3.63, 3.8) is 0 Å².